The number of amides is 1. The molecule has 3 heterocycles. The number of pyridine rings is 1. The Labute approximate surface area is 153 Å². The van der Waals surface area contributed by atoms with Crippen LogP contribution in [0.3, 0.4) is 0 Å². The zero-order valence-electron chi connectivity index (χ0n) is 15.5. The Balaban J connectivity index is 2.18. The number of hydrogen-bond acceptors (Lipinski definition) is 6. The molecular formula is C17H22BN5O3. The van der Waals surface area contributed by atoms with Crippen LogP contribution in [0.25, 0.3) is 11.0 Å². The molecule has 0 bridgehead atoms. The summed E-state index contributed by atoms with van der Waals surface area (Å²) in [5, 5.41) is 3.70. The summed E-state index contributed by atoms with van der Waals surface area (Å²) in [7, 11) is 10.8. The first-order valence-electron chi connectivity index (χ1n) is 8.49. The number of piperidine rings is 1. The van der Waals surface area contributed by atoms with Gasteiger partial charge in [0.2, 0.25) is 5.91 Å². The lowest BCUT2D eigenvalue weighted by molar-refractivity contribution is -0.135. The van der Waals surface area contributed by atoms with E-state index in [1.54, 1.807) is 39.1 Å². The number of anilines is 1. The largest absolute Gasteiger partial charge is 0.373 e. The zero-order valence-corrected chi connectivity index (χ0v) is 15.5. The number of carbonyl (C=O) groups is 1. The second kappa shape index (κ2) is 6.72. The van der Waals surface area contributed by atoms with E-state index in [9.17, 15) is 9.59 Å². The lowest BCUT2D eigenvalue weighted by atomic mass is 9.84. The Kier molecular flexibility index (Phi) is 4.75. The van der Waals surface area contributed by atoms with E-state index in [1.807, 2.05) is 0 Å². The topological polar surface area (TPSA) is 89.4 Å². The van der Waals surface area contributed by atoms with Crippen molar-refractivity contribution in [1.29, 1.82) is 0 Å². The average Bonchev–Trinajstić information content (AvgIpc) is 2.64. The number of nitrogens with zero attached hydrogens (tertiary/aromatic N) is 4. The monoisotopic (exact) mass is 355 g/mol. The maximum Gasteiger partial charge on any atom is 0.258 e. The van der Waals surface area contributed by atoms with Crippen LogP contribution < -0.4 is 16.6 Å². The van der Waals surface area contributed by atoms with E-state index < -0.39 is 5.60 Å². The fourth-order valence-corrected chi connectivity index (χ4v) is 3.63. The van der Waals surface area contributed by atoms with Gasteiger partial charge in [0.05, 0.1) is 16.7 Å². The molecule has 0 unspecified atom stereocenters. The second-order valence-corrected chi connectivity index (χ2v) is 6.54. The number of methoxy groups -OCH3 is 1. The number of ether oxygens (including phenoxy) is 1. The van der Waals surface area contributed by atoms with Gasteiger partial charge in [0.25, 0.3) is 5.56 Å². The van der Waals surface area contributed by atoms with Crippen LogP contribution in [-0.2, 0) is 22.2 Å². The van der Waals surface area contributed by atoms with Crippen LogP contribution in [0.1, 0.15) is 25.3 Å². The average molecular weight is 355 g/mol. The number of carbonyl (C=O) groups excluding carboxylic acids is 1. The summed E-state index contributed by atoms with van der Waals surface area (Å²) in [4.78, 5) is 34.9. The molecule has 1 saturated heterocycles. The summed E-state index contributed by atoms with van der Waals surface area (Å²) in [5.74, 6) is 0.583. The van der Waals surface area contributed by atoms with Gasteiger partial charge < -0.3 is 15.0 Å². The molecule has 0 atom stereocenters. The number of nitrogens with one attached hydrogen (secondary N) is 1. The van der Waals surface area contributed by atoms with E-state index in [0.29, 0.717) is 48.3 Å². The molecule has 2 radical (unpaired) electrons. The SMILES string of the molecule is [B]c1nc(NC)c2cc(C3(OC)CCN(C(C)=O)CC3)c(=O)n(C)c2n1. The van der Waals surface area contributed by atoms with Crippen LogP contribution in [0.4, 0.5) is 5.82 Å². The van der Waals surface area contributed by atoms with Crippen LogP contribution in [-0.4, -0.2) is 60.4 Å². The van der Waals surface area contributed by atoms with Crippen LogP contribution in [0, 0.1) is 0 Å². The van der Waals surface area contributed by atoms with E-state index in [-0.39, 0.29) is 17.2 Å². The molecule has 0 saturated carbocycles. The van der Waals surface area contributed by atoms with Gasteiger partial charge in [-0.3, -0.25) is 14.2 Å². The number of likely N-dealkylation sites (tertiary alicyclic amines) is 1. The number of aromatic nitrogens is 3. The molecule has 1 aliphatic rings. The van der Waals surface area contributed by atoms with Gasteiger partial charge >= 0.3 is 0 Å². The third-order valence-electron chi connectivity index (χ3n) is 5.22. The first kappa shape index (κ1) is 18.4. The fourth-order valence-electron chi connectivity index (χ4n) is 3.63. The molecule has 1 amide bonds. The Morgan fingerprint density at radius 3 is 2.54 bits per heavy atom. The fraction of sp³-hybridized carbons (Fsp3) is 0.529. The van der Waals surface area contributed by atoms with E-state index in [1.165, 1.54) is 4.57 Å². The Bertz CT molecular complexity index is 919. The molecule has 2 aromatic heterocycles. The molecule has 1 fully saturated rings. The lowest BCUT2D eigenvalue weighted by Gasteiger charge is -2.40. The highest BCUT2D eigenvalue weighted by Crippen LogP contribution is 2.36. The maximum absolute atomic E-state index is 13.1. The third-order valence-corrected chi connectivity index (χ3v) is 5.22. The van der Waals surface area contributed by atoms with Crippen LogP contribution in [0.2, 0.25) is 0 Å². The summed E-state index contributed by atoms with van der Waals surface area (Å²) in [6, 6.07) is 1.79. The van der Waals surface area contributed by atoms with Crippen molar-refractivity contribution in [2.75, 3.05) is 32.6 Å². The molecule has 1 aliphatic heterocycles. The van der Waals surface area contributed by atoms with Crippen molar-refractivity contribution in [1.82, 2.24) is 19.4 Å². The van der Waals surface area contributed by atoms with Gasteiger partial charge in [-0.15, -0.1) is 0 Å². The minimum Gasteiger partial charge on any atom is -0.373 e. The first-order valence-corrected chi connectivity index (χ1v) is 8.49. The van der Waals surface area contributed by atoms with Gasteiger partial charge in [-0.1, -0.05) is 0 Å². The third kappa shape index (κ3) is 2.86. The predicted molar refractivity (Wildman–Crippen MR) is 99.9 cm³/mol. The van der Waals surface area contributed by atoms with Gasteiger partial charge in [-0.2, -0.15) is 0 Å². The van der Waals surface area contributed by atoms with Crippen LogP contribution in [0.15, 0.2) is 10.9 Å². The van der Waals surface area contributed by atoms with Crippen LogP contribution in [0.5, 0.6) is 0 Å². The van der Waals surface area contributed by atoms with Gasteiger partial charge in [0.1, 0.15) is 17.1 Å². The maximum atomic E-state index is 13.1. The summed E-state index contributed by atoms with van der Waals surface area (Å²) >= 11 is 0. The zero-order chi connectivity index (χ0) is 19.1. The molecular weight excluding hydrogens is 333 g/mol. The van der Waals surface area contributed by atoms with Gasteiger partial charge in [-0.25, -0.2) is 9.97 Å². The molecule has 0 aliphatic carbocycles. The Morgan fingerprint density at radius 2 is 2.00 bits per heavy atom. The highest BCUT2D eigenvalue weighted by atomic mass is 16.5. The molecule has 2 aromatic rings. The molecule has 0 aromatic carbocycles. The summed E-state index contributed by atoms with van der Waals surface area (Å²) in [6.07, 6.45) is 1.10. The number of fused-ring (bicyclic) bond motifs is 1. The van der Waals surface area contributed by atoms with E-state index >= 15 is 0 Å². The Morgan fingerprint density at radius 1 is 1.35 bits per heavy atom. The normalized spacial score (nSPS) is 16.7. The predicted octanol–water partition coefficient (Wildman–Crippen LogP) is -0.352. The van der Waals surface area contributed by atoms with E-state index in [2.05, 4.69) is 15.3 Å². The van der Waals surface area contributed by atoms with Crippen molar-refractivity contribution in [2.45, 2.75) is 25.4 Å². The molecule has 8 nitrogen and oxygen atoms in total. The first-order chi connectivity index (χ1) is 12.3. The smallest absolute Gasteiger partial charge is 0.258 e. The highest BCUT2D eigenvalue weighted by molar-refractivity contribution is 6.29. The number of rotatable bonds is 3. The summed E-state index contributed by atoms with van der Waals surface area (Å²) < 4.78 is 7.31. The minimum atomic E-state index is -0.749. The van der Waals surface area contributed by atoms with Crippen molar-refractivity contribution in [2.24, 2.45) is 7.05 Å². The molecule has 3 rings (SSSR count). The van der Waals surface area contributed by atoms with Crippen molar-refractivity contribution < 1.29 is 9.53 Å². The van der Waals surface area contributed by atoms with Gasteiger partial charge in [0.15, 0.2) is 7.85 Å². The van der Waals surface area contributed by atoms with Crippen molar-refractivity contribution in [3.63, 3.8) is 0 Å². The molecule has 9 heteroatoms. The minimum absolute atomic E-state index is 0.0301. The van der Waals surface area contributed by atoms with Crippen molar-refractivity contribution in [3.05, 3.63) is 22.0 Å². The molecule has 26 heavy (non-hydrogen) atoms. The van der Waals surface area contributed by atoms with Crippen molar-refractivity contribution >= 4 is 36.3 Å². The van der Waals surface area contributed by atoms with E-state index in [0.717, 1.165) is 0 Å². The van der Waals surface area contributed by atoms with Gasteiger partial charge in [0, 0.05) is 41.2 Å². The Hall–Kier alpha value is -2.42. The lowest BCUT2D eigenvalue weighted by Crippen LogP contribution is -2.48. The molecule has 136 valence electrons. The standard InChI is InChI=1S/C17H22BN5O3/c1-10(24)23-7-5-17(26-4,6-8-23)12-9-11-13(19-2)20-16(18)21-14(11)22(3)15(12)25/h9H,5-8H2,1-4H3,(H,19,20,21). The summed E-state index contributed by atoms with van der Waals surface area (Å²) in [6.45, 7) is 2.64. The number of hydrogen-bond donors (Lipinski definition) is 1. The highest BCUT2D eigenvalue weighted by Gasteiger charge is 2.39. The van der Waals surface area contributed by atoms with Crippen LogP contribution >= 0.6 is 0 Å². The molecule has 1 N–H and O–H groups in total. The molecule has 0 spiro atoms. The second-order valence-electron chi connectivity index (χ2n) is 6.54. The quantitative estimate of drug-likeness (QED) is 0.757. The van der Waals surface area contributed by atoms with E-state index in [4.69, 9.17) is 12.6 Å². The number of aryl methyl sites for hydroxylation is 1. The van der Waals surface area contributed by atoms with Gasteiger partial charge in [-0.05, 0) is 18.9 Å². The summed E-state index contributed by atoms with van der Waals surface area (Å²) in [5.41, 5.74) is 0.171. The van der Waals surface area contributed by atoms with Crippen molar-refractivity contribution in [3.8, 4) is 0 Å².